The van der Waals surface area contributed by atoms with E-state index in [0.29, 0.717) is 0 Å². The van der Waals surface area contributed by atoms with Crippen molar-refractivity contribution in [3.8, 4) is 67.3 Å². The SMILES string of the molecule is CC1(C)c2ccccc2-c2nc(-c3cccc(-c4cccc(-c5ccc6c7ccccc7c7ccccc7c6c5)c4)c3)nc(-c3cccc(-c4ccccc4)c3)c21. The van der Waals surface area contributed by atoms with Crippen LogP contribution < -0.4 is 0 Å². The van der Waals surface area contributed by atoms with Crippen LogP contribution in [-0.2, 0) is 5.41 Å². The summed E-state index contributed by atoms with van der Waals surface area (Å²) in [6.45, 7) is 4.61. The molecule has 2 heteroatoms. The molecular formula is C55H38N2. The molecule has 268 valence electrons. The molecule has 0 N–H and O–H groups in total. The molecule has 0 amide bonds. The predicted octanol–water partition coefficient (Wildman–Crippen LogP) is 14.6. The van der Waals surface area contributed by atoms with Crippen molar-refractivity contribution < 1.29 is 0 Å². The van der Waals surface area contributed by atoms with Gasteiger partial charge in [-0.1, -0.05) is 184 Å². The Hall–Kier alpha value is -7.16. The van der Waals surface area contributed by atoms with Crippen molar-refractivity contribution in [2.24, 2.45) is 0 Å². The standard InChI is InChI=1S/C55H38N2/c1-55(2)50-28-11-10-27-48(50)53-51(55)52(41-21-13-17-36(32-41)35-15-4-3-5-16-35)56-54(57-53)42-22-14-20-39(33-42)37-18-12-19-38(31-37)40-29-30-47-45-25-7-6-23-43(45)44-24-8-9-26-46(44)49(47)34-40/h3-34H,1-2H3. The molecule has 11 rings (SSSR count). The van der Waals surface area contributed by atoms with E-state index in [-0.39, 0.29) is 5.41 Å². The molecule has 57 heavy (non-hydrogen) atoms. The number of hydrogen-bond donors (Lipinski definition) is 0. The van der Waals surface area contributed by atoms with Gasteiger partial charge in [-0.2, -0.15) is 0 Å². The minimum Gasteiger partial charge on any atom is -0.228 e. The van der Waals surface area contributed by atoms with Gasteiger partial charge in [0.2, 0.25) is 0 Å². The summed E-state index contributed by atoms with van der Waals surface area (Å²) in [4.78, 5) is 10.9. The summed E-state index contributed by atoms with van der Waals surface area (Å²) in [6, 6.07) is 70.2. The van der Waals surface area contributed by atoms with Gasteiger partial charge in [-0.25, -0.2) is 9.97 Å². The molecule has 0 atom stereocenters. The normalized spacial score (nSPS) is 12.9. The fraction of sp³-hybridized carbons (Fsp3) is 0.0545. The second kappa shape index (κ2) is 13.0. The van der Waals surface area contributed by atoms with Crippen LogP contribution in [0.4, 0.5) is 0 Å². The van der Waals surface area contributed by atoms with Crippen LogP contribution in [0.3, 0.4) is 0 Å². The van der Waals surface area contributed by atoms with Crippen LogP contribution in [0.25, 0.3) is 99.6 Å². The molecule has 0 saturated heterocycles. The highest BCUT2D eigenvalue weighted by Gasteiger charge is 2.40. The highest BCUT2D eigenvalue weighted by molar-refractivity contribution is 6.25. The minimum atomic E-state index is -0.257. The third-order valence-electron chi connectivity index (χ3n) is 12.0. The maximum atomic E-state index is 5.46. The van der Waals surface area contributed by atoms with Crippen molar-refractivity contribution in [2.75, 3.05) is 0 Å². The van der Waals surface area contributed by atoms with Crippen molar-refractivity contribution in [3.63, 3.8) is 0 Å². The van der Waals surface area contributed by atoms with E-state index in [4.69, 9.17) is 9.97 Å². The first-order valence-corrected chi connectivity index (χ1v) is 19.7. The smallest absolute Gasteiger partial charge is 0.160 e. The Bertz CT molecular complexity index is 3180. The van der Waals surface area contributed by atoms with E-state index >= 15 is 0 Å². The zero-order valence-corrected chi connectivity index (χ0v) is 31.9. The summed E-state index contributed by atoms with van der Waals surface area (Å²) in [5.41, 5.74) is 14.5. The first-order chi connectivity index (χ1) is 28.0. The van der Waals surface area contributed by atoms with Gasteiger partial charge in [0.15, 0.2) is 5.82 Å². The number of benzene rings is 9. The van der Waals surface area contributed by atoms with E-state index in [9.17, 15) is 0 Å². The molecule has 0 unspecified atom stereocenters. The van der Waals surface area contributed by atoms with Crippen LogP contribution >= 0.6 is 0 Å². The maximum absolute atomic E-state index is 5.46. The zero-order chi connectivity index (χ0) is 38.1. The second-order valence-electron chi connectivity index (χ2n) is 15.7. The largest absolute Gasteiger partial charge is 0.228 e. The molecule has 2 nitrogen and oxygen atoms in total. The molecule has 0 spiro atoms. The first-order valence-electron chi connectivity index (χ1n) is 19.7. The lowest BCUT2D eigenvalue weighted by Crippen LogP contribution is -2.17. The van der Waals surface area contributed by atoms with Crippen molar-refractivity contribution >= 4 is 32.3 Å². The van der Waals surface area contributed by atoms with E-state index in [2.05, 4.69) is 208 Å². The van der Waals surface area contributed by atoms with E-state index in [1.807, 2.05) is 0 Å². The number of aromatic nitrogens is 2. The first kappa shape index (κ1) is 33.2. The summed E-state index contributed by atoms with van der Waals surface area (Å²) in [5, 5.41) is 7.71. The Morgan fingerprint density at radius 1 is 0.316 bits per heavy atom. The number of hydrogen-bond acceptors (Lipinski definition) is 2. The molecule has 1 aliphatic rings. The van der Waals surface area contributed by atoms with Crippen molar-refractivity contribution in [1.82, 2.24) is 9.97 Å². The van der Waals surface area contributed by atoms with E-state index in [0.717, 1.165) is 39.5 Å². The topological polar surface area (TPSA) is 25.8 Å². The summed E-state index contributed by atoms with van der Waals surface area (Å²) < 4.78 is 0. The molecule has 0 bridgehead atoms. The van der Waals surface area contributed by atoms with Crippen LogP contribution in [0.1, 0.15) is 25.0 Å². The van der Waals surface area contributed by atoms with Gasteiger partial charge in [0, 0.05) is 27.7 Å². The monoisotopic (exact) mass is 726 g/mol. The van der Waals surface area contributed by atoms with Gasteiger partial charge < -0.3 is 0 Å². The number of nitrogens with zero attached hydrogens (tertiary/aromatic N) is 2. The van der Waals surface area contributed by atoms with E-state index in [1.165, 1.54) is 71.3 Å². The lowest BCUT2D eigenvalue weighted by Gasteiger charge is -2.24. The summed E-state index contributed by atoms with van der Waals surface area (Å²) in [5.74, 6) is 0.730. The summed E-state index contributed by atoms with van der Waals surface area (Å²) in [7, 11) is 0. The quantitative estimate of drug-likeness (QED) is 0.165. The van der Waals surface area contributed by atoms with Crippen molar-refractivity contribution in [3.05, 3.63) is 205 Å². The third-order valence-corrected chi connectivity index (χ3v) is 12.0. The van der Waals surface area contributed by atoms with Gasteiger partial charge in [0.05, 0.1) is 11.4 Å². The number of rotatable bonds is 5. The van der Waals surface area contributed by atoms with Crippen molar-refractivity contribution in [2.45, 2.75) is 19.3 Å². The van der Waals surface area contributed by atoms with Gasteiger partial charge in [0.1, 0.15) is 0 Å². The van der Waals surface area contributed by atoms with E-state index < -0.39 is 0 Å². The molecule has 10 aromatic rings. The van der Waals surface area contributed by atoms with Gasteiger partial charge in [-0.15, -0.1) is 0 Å². The van der Waals surface area contributed by atoms with Crippen LogP contribution in [0.2, 0.25) is 0 Å². The Kier molecular flexibility index (Phi) is 7.55. The fourth-order valence-corrected chi connectivity index (χ4v) is 9.23. The molecular weight excluding hydrogens is 689 g/mol. The molecule has 0 radical (unpaired) electrons. The van der Waals surface area contributed by atoms with E-state index in [1.54, 1.807) is 0 Å². The molecule has 0 fully saturated rings. The predicted molar refractivity (Wildman–Crippen MR) is 239 cm³/mol. The van der Waals surface area contributed by atoms with Crippen LogP contribution in [0.5, 0.6) is 0 Å². The molecule has 1 heterocycles. The Balaban J connectivity index is 1.03. The van der Waals surface area contributed by atoms with Gasteiger partial charge in [0.25, 0.3) is 0 Å². The van der Waals surface area contributed by atoms with Crippen molar-refractivity contribution in [1.29, 1.82) is 0 Å². The van der Waals surface area contributed by atoms with Gasteiger partial charge >= 0.3 is 0 Å². The number of fused-ring (bicyclic) bond motifs is 9. The van der Waals surface area contributed by atoms with Crippen LogP contribution in [0.15, 0.2) is 194 Å². The van der Waals surface area contributed by atoms with Crippen LogP contribution in [0, 0.1) is 0 Å². The average Bonchev–Trinajstić information content (AvgIpc) is 3.52. The molecule has 1 aliphatic carbocycles. The Labute approximate surface area is 332 Å². The Morgan fingerprint density at radius 3 is 1.42 bits per heavy atom. The maximum Gasteiger partial charge on any atom is 0.160 e. The molecule has 9 aromatic carbocycles. The lowest BCUT2D eigenvalue weighted by atomic mass is 9.80. The molecule has 0 aliphatic heterocycles. The minimum absolute atomic E-state index is 0.257. The lowest BCUT2D eigenvalue weighted by molar-refractivity contribution is 0.658. The zero-order valence-electron chi connectivity index (χ0n) is 31.9. The average molecular weight is 727 g/mol. The Morgan fingerprint density at radius 2 is 0.754 bits per heavy atom. The summed E-state index contributed by atoms with van der Waals surface area (Å²) in [6.07, 6.45) is 0. The second-order valence-corrected chi connectivity index (χ2v) is 15.7. The molecule has 1 aromatic heterocycles. The molecule has 0 saturated carbocycles. The van der Waals surface area contributed by atoms with Gasteiger partial charge in [-0.05, 0) is 95.5 Å². The van der Waals surface area contributed by atoms with Crippen LogP contribution in [-0.4, -0.2) is 9.97 Å². The van der Waals surface area contributed by atoms with Gasteiger partial charge in [-0.3, -0.25) is 0 Å². The third kappa shape index (κ3) is 5.40. The highest BCUT2D eigenvalue weighted by atomic mass is 14.9. The highest BCUT2D eigenvalue weighted by Crippen LogP contribution is 2.51. The summed E-state index contributed by atoms with van der Waals surface area (Å²) >= 11 is 0. The fourth-order valence-electron chi connectivity index (χ4n) is 9.23.